The van der Waals surface area contributed by atoms with Crippen molar-refractivity contribution in [1.82, 2.24) is 4.57 Å². The lowest BCUT2D eigenvalue weighted by Crippen LogP contribution is -1.84. The van der Waals surface area contributed by atoms with Crippen molar-refractivity contribution >= 4 is 5.97 Å². The van der Waals surface area contributed by atoms with Crippen LogP contribution in [0, 0.1) is 6.92 Å². The van der Waals surface area contributed by atoms with Crippen molar-refractivity contribution in [1.29, 1.82) is 0 Å². The molecule has 3 nitrogen and oxygen atoms in total. The number of aryl methyl sites for hydroxylation is 2. The summed E-state index contributed by atoms with van der Waals surface area (Å²) in [6.45, 7) is 3.17. The zero-order valence-corrected chi connectivity index (χ0v) is 7.03. The minimum absolute atomic E-state index is 0.833. The first-order valence-electron chi connectivity index (χ1n) is 3.31. The summed E-state index contributed by atoms with van der Waals surface area (Å²) in [6.07, 6.45) is 2.04. The third kappa shape index (κ3) is 5.21. The van der Waals surface area contributed by atoms with E-state index in [-0.39, 0.29) is 0 Å². The highest BCUT2D eigenvalue weighted by Crippen LogP contribution is 1.93. The number of aliphatic carboxylic acids is 1. The second-order valence-electron chi connectivity index (χ2n) is 2.28. The normalized spacial score (nSPS) is 8.27. The molecule has 0 aliphatic rings. The number of carboxylic acid groups (broad SMARTS) is 1. The van der Waals surface area contributed by atoms with Gasteiger partial charge in [0.05, 0.1) is 0 Å². The minimum Gasteiger partial charge on any atom is -0.481 e. The molecule has 0 saturated carbocycles. The zero-order valence-electron chi connectivity index (χ0n) is 7.03. The van der Waals surface area contributed by atoms with Gasteiger partial charge in [-0.1, -0.05) is 0 Å². The lowest BCUT2D eigenvalue weighted by Gasteiger charge is -1.89. The summed E-state index contributed by atoms with van der Waals surface area (Å²) >= 11 is 0. The summed E-state index contributed by atoms with van der Waals surface area (Å²) in [5.41, 5.74) is 1.31. The molecular formula is C8H13NO2. The molecule has 0 spiro atoms. The molecule has 0 bridgehead atoms. The number of carboxylic acids is 1. The van der Waals surface area contributed by atoms with E-state index in [1.165, 1.54) is 5.69 Å². The Kier molecular flexibility index (Phi) is 4.03. The molecule has 0 aliphatic carbocycles. The van der Waals surface area contributed by atoms with Gasteiger partial charge in [0.2, 0.25) is 0 Å². The minimum atomic E-state index is -0.833. The van der Waals surface area contributed by atoms with Gasteiger partial charge >= 0.3 is 0 Å². The van der Waals surface area contributed by atoms with Crippen molar-refractivity contribution < 1.29 is 9.90 Å². The summed E-state index contributed by atoms with van der Waals surface area (Å²) in [7, 11) is 2.04. The van der Waals surface area contributed by atoms with Crippen LogP contribution in [0.5, 0.6) is 0 Å². The van der Waals surface area contributed by atoms with Crippen molar-refractivity contribution in [3.05, 3.63) is 24.0 Å². The van der Waals surface area contributed by atoms with Crippen LogP contribution < -0.4 is 0 Å². The lowest BCUT2D eigenvalue weighted by molar-refractivity contribution is -0.134. The van der Waals surface area contributed by atoms with Crippen LogP contribution in [0.1, 0.15) is 12.6 Å². The summed E-state index contributed by atoms with van der Waals surface area (Å²) in [6, 6.07) is 4.12. The molecule has 0 atom stereocenters. The van der Waals surface area contributed by atoms with Gasteiger partial charge in [-0.05, 0) is 19.1 Å². The van der Waals surface area contributed by atoms with Crippen molar-refractivity contribution in [2.75, 3.05) is 0 Å². The van der Waals surface area contributed by atoms with E-state index in [4.69, 9.17) is 9.90 Å². The molecule has 0 unspecified atom stereocenters. The van der Waals surface area contributed by atoms with Crippen molar-refractivity contribution in [3.63, 3.8) is 0 Å². The van der Waals surface area contributed by atoms with Crippen molar-refractivity contribution in [2.24, 2.45) is 7.05 Å². The van der Waals surface area contributed by atoms with E-state index in [0.717, 1.165) is 6.92 Å². The molecule has 1 heterocycles. The maximum absolute atomic E-state index is 9.00. The standard InChI is InChI=1S/C6H9N.C2H4O2/c1-6-4-3-5-7(6)2;1-2(3)4/h3-5H,1-2H3;1H3,(H,3,4). The first kappa shape index (κ1) is 9.75. The van der Waals surface area contributed by atoms with Crippen LogP contribution in [0.2, 0.25) is 0 Å². The highest BCUT2D eigenvalue weighted by Gasteiger charge is 1.82. The molecule has 0 fully saturated rings. The van der Waals surface area contributed by atoms with Gasteiger partial charge in [0, 0.05) is 25.9 Å². The Labute approximate surface area is 66.3 Å². The molecule has 3 heteroatoms. The Hall–Kier alpha value is -1.25. The maximum atomic E-state index is 9.00. The number of rotatable bonds is 0. The van der Waals surface area contributed by atoms with E-state index in [1.54, 1.807) is 0 Å². The molecular weight excluding hydrogens is 142 g/mol. The molecule has 0 radical (unpaired) electrons. The number of hydrogen-bond donors (Lipinski definition) is 1. The molecule has 0 aliphatic heterocycles. The van der Waals surface area contributed by atoms with Crippen LogP contribution in [0.4, 0.5) is 0 Å². The lowest BCUT2D eigenvalue weighted by atomic mass is 10.5. The van der Waals surface area contributed by atoms with Gasteiger partial charge in [0.15, 0.2) is 0 Å². The fourth-order valence-corrected chi connectivity index (χ4v) is 0.547. The number of nitrogens with zero attached hydrogens (tertiary/aromatic N) is 1. The predicted molar refractivity (Wildman–Crippen MR) is 43.5 cm³/mol. The highest BCUT2D eigenvalue weighted by molar-refractivity contribution is 5.62. The van der Waals surface area contributed by atoms with E-state index < -0.39 is 5.97 Å². The quantitative estimate of drug-likeness (QED) is 0.615. The molecule has 1 rings (SSSR count). The molecule has 11 heavy (non-hydrogen) atoms. The van der Waals surface area contributed by atoms with Crippen molar-refractivity contribution in [3.8, 4) is 0 Å². The molecule has 0 amide bonds. The van der Waals surface area contributed by atoms with Gasteiger partial charge < -0.3 is 9.67 Å². The Balaban J connectivity index is 0.000000218. The van der Waals surface area contributed by atoms with Crippen LogP contribution in [0.25, 0.3) is 0 Å². The third-order valence-electron chi connectivity index (χ3n) is 1.20. The van der Waals surface area contributed by atoms with Crippen LogP contribution >= 0.6 is 0 Å². The Morgan fingerprint density at radius 2 is 2.09 bits per heavy atom. The van der Waals surface area contributed by atoms with Gasteiger partial charge in [-0.25, -0.2) is 0 Å². The van der Waals surface area contributed by atoms with Gasteiger partial charge in [0.25, 0.3) is 5.97 Å². The average Bonchev–Trinajstić information content (AvgIpc) is 2.15. The maximum Gasteiger partial charge on any atom is 0.300 e. The van der Waals surface area contributed by atoms with Gasteiger partial charge in [-0.15, -0.1) is 0 Å². The van der Waals surface area contributed by atoms with Crippen LogP contribution in [0.15, 0.2) is 18.3 Å². The smallest absolute Gasteiger partial charge is 0.300 e. The van der Waals surface area contributed by atoms with Gasteiger partial charge in [0.1, 0.15) is 0 Å². The van der Waals surface area contributed by atoms with E-state index in [2.05, 4.69) is 17.6 Å². The summed E-state index contributed by atoms with van der Waals surface area (Å²) < 4.78 is 2.08. The molecule has 62 valence electrons. The largest absolute Gasteiger partial charge is 0.481 e. The molecule has 1 aromatic heterocycles. The number of aromatic nitrogens is 1. The average molecular weight is 155 g/mol. The second-order valence-corrected chi connectivity index (χ2v) is 2.28. The van der Waals surface area contributed by atoms with Gasteiger partial charge in [-0.3, -0.25) is 4.79 Å². The summed E-state index contributed by atoms with van der Waals surface area (Å²) in [5, 5.41) is 7.42. The van der Waals surface area contributed by atoms with E-state index in [0.29, 0.717) is 0 Å². The summed E-state index contributed by atoms with van der Waals surface area (Å²) in [5.74, 6) is -0.833. The zero-order chi connectivity index (χ0) is 8.85. The predicted octanol–water partition coefficient (Wildman–Crippen LogP) is 1.42. The van der Waals surface area contributed by atoms with Crippen LogP contribution in [-0.4, -0.2) is 15.6 Å². The van der Waals surface area contributed by atoms with Crippen molar-refractivity contribution in [2.45, 2.75) is 13.8 Å². The summed E-state index contributed by atoms with van der Waals surface area (Å²) in [4.78, 5) is 9.00. The molecule has 1 N–H and O–H groups in total. The first-order valence-corrected chi connectivity index (χ1v) is 3.31. The Morgan fingerprint density at radius 1 is 1.64 bits per heavy atom. The fourth-order valence-electron chi connectivity index (χ4n) is 0.547. The van der Waals surface area contributed by atoms with Gasteiger partial charge in [-0.2, -0.15) is 0 Å². The Bertz CT molecular complexity index is 207. The third-order valence-corrected chi connectivity index (χ3v) is 1.20. The topological polar surface area (TPSA) is 42.2 Å². The number of hydrogen-bond acceptors (Lipinski definition) is 1. The second kappa shape index (κ2) is 4.55. The van der Waals surface area contributed by atoms with Crippen LogP contribution in [0.3, 0.4) is 0 Å². The monoisotopic (exact) mass is 155 g/mol. The Morgan fingerprint density at radius 3 is 2.18 bits per heavy atom. The number of carbonyl (C=O) groups is 1. The molecule has 0 saturated heterocycles. The fraction of sp³-hybridized carbons (Fsp3) is 0.375. The van der Waals surface area contributed by atoms with E-state index in [1.807, 2.05) is 19.3 Å². The first-order chi connectivity index (χ1) is 5.04. The van der Waals surface area contributed by atoms with E-state index in [9.17, 15) is 0 Å². The van der Waals surface area contributed by atoms with Crippen LogP contribution in [-0.2, 0) is 11.8 Å². The highest BCUT2D eigenvalue weighted by atomic mass is 16.4. The molecule has 0 aromatic carbocycles. The van der Waals surface area contributed by atoms with E-state index >= 15 is 0 Å². The SMILES string of the molecule is CC(=O)O.Cc1cccn1C. The molecule has 1 aromatic rings.